The molecular weight excluding hydrogens is 296 g/mol. The van der Waals surface area contributed by atoms with Crippen molar-refractivity contribution in [2.45, 2.75) is 38.3 Å². The number of methoxy groups -OCH3 is 2. The summed E-state index contributed by atoms with van der Waals surface area (Å²) < 4.78 is 10.6. The Hall–Kier alpha value is -1.95. The van der Waals surface area contributed by atoms with Crippen molar-refractivity contribution < 1.29 is 19.4 Å². The standard InChI is InChI=1S/C17H26N2O4/c1-4-16(17(20)21)19-7-5-12(6-8-19)18-13-9-14(22-2)11-15(10-13)23-3/h9-12,16,18H,4-8H2,1-3H3,(H,20,21). The van der Waals surface area contributed by atoms with Gasteiger partial charge in [-0.25, -0.2) is 0 Å². The summed E-state index contributed by atoms with van der Waals surface area (Å²) in [6.07, 6.45) is 2.48. The lowest BCUT2D eigenvalue weighted by molar-refractivity contribution is -0.143. The third-order valence-electron chi connectivity index (χ3n) is 4.36. The number of carboxylic acids is 1. The Bertz CT molecular complexity index is 505. The Morgan fingerprint density at radius 1 is 1.26 bits per heavy atom. The molecule has 1 aliphatic rings. The molecule has 6 nitrogen and oxygen atoms in total. The second-order valence-electron chi connectivity index (χ2n) is 5.82. The van der Waals surface area contributed by atoms with Crippen LogP contribution < -0.4 is 14.8 Å². The van der Waals surface area contributed by atoms with Crippen LogP contribution in [-0.4, -0.2) is 55.4 Å². The minimum atomic E-state index is -0.726. The Kier molecular flexibility index (Phi) is 6.10. The Balaban J connectivity index is 1.95. The van der Waals surface area contributed by atoms with Crippen molar-refractivity contribution in [1.29, 1.82) is 0 Å². The third-order valence-corrected chi connectivity index (χ3v) is 4.36. The number of rotatable bonds is 7. The fourth-order valence-corrected chi connectivity index (χ4v) is 3.07. The molecule has 0 saturated carbocycles. The average molecular weight is 322 g/mol. The van der Waals surface area contributed by atoms with Crippen LogP contribution >= 0.6 is 0 Å². The largest absolute Gasteiger partial charge is 0.497 e. The molecular formula is C17H26N2O4. The van der Waals surface area contributed by atoms with Crippen LogP contribution in [0.2, 0.25) is 0 Å². The predicted octanol–water partition coefficient (Wildman–Crippen LogP) is 2.44. The van der Waals surface area contributed by atoms with E-state index in [2.05, 4.69) is 10.2 Å². The van der Waals surface area contributed by atoms with Gasteiger partial charge in [0.15, 0.2) is 0 Å². The number of anilines is 1. The first-order chi connectivity index (χ1) is 11.1. The third kappa shape index (κ3) is 4.51. The predicted molar refractivity (Wildman–Crippen MR) is 89.5 cm³/mol. The average Bonchev–Trinajstić information content (AvgIpc) is 2.56. The number of ether oxygens (including phenoxy) is 2. The molecule has 2 rings (SSSR count). The SMILES string of the molecule is CCC(C(=O)O)N1CCC(Nc2cc(OC)cc(OC)c2)CC1. The molecule has 0 bridgehead atoms. The maximum absolute atomic E-state index is 11.3. The van der Waals surface area contributed by atoms with Crippen molar-refractivity contribution >= 4 is 11.7 Å². The summed E-state index contributed by atoms with van der Waals surface area (Å²) >= 11 is 0. The van der Waals surface area contributed by atoms with Crippen molar-refractivity contribution in [2.75, 3.05) is 32.6 Å². The van der Waals surface area contributed by atoms with Crippen LogP contribution in [0.25, 0.3) is 0 Å². The summed E-state index contributed by atoms with van der Waals surface area (Å²) in [5.74, 6) is 0.777. The van der Waals surface area contributed by atoms with Gasteiger partial charge in [-0.2, -0.15) is 0 Å². The first-order valence-electron chi connectivity index (χ1n) is 8.03. The molecule has 23 heavy (non-hydrogen) atoms. The number of likely N-dealkylation sites (tertiary alicyclic amines) is 1. The van der Waals surface area contributed by atoms with E-state index in [1.807, 2.05) is 25.1 Å². The van der Waals surface area contributed by atoms with E-state index >= 15 is 0 Å². The van der Waals surface area contributed by atoms with Gasteiger partial charge in [-0.15, -0.1) is 0 Å². The number of benzene rings is 1. The normalized spacial score (nSPS) is 17.5. The van der Waals surface area contributed by atoms with Gasteiger partial charge in [0.1, 0.15) is 17.5 Å². The number of piperidine rings is 1. The second kappa shape index (κ2) is 8.06. The fourth-order valence-electron chi connectivity index (χ4n) is 3.07. The van der Waals surface area contributed by atoms with Crippen LogP contribution in [0.5, 0.6) is 11.5 Å². The van der Waals surface area contributed by atoms with E-state index < -0.39 is 5.97 Å². The number of aliphatic carboxylic acids is 1. The summed E-state index contributed by atoms with van der Waals surface area (Å²) in [5, 5.41) is 12.8. The number of hydrogen-bond acceptors (Lipinski definition) is 5. The van der Waals surface area contributed by atoms with Gasteiger partial charge in [-0.05, 0) is 19.3 Å². The molecule has 2 N–H and O–H groups in total. The van der Waals surface area contributed by atoms with Crippen molar-refractivity contribution in [2.24, 2.45) is 0 Å². The molecule has 1 aromatic rings. The van der Waals surface area contributed by atoms with Gasteiger partial charge in [-0.1, -0.05) is 6.92 Å². The molecule has 1 unspecified atom stereocenters. The lowest BCUT2D eigenvalue weighted by Gasteiger charge is -2.36. The number of hydrogen-bond donors (Lipinski definition) is 2. The molecule has 1 aromatic carbocycles. The molecule has 0 spiro atoms. The number of nitrogens with one attached hydrogen (secondary N) is 1. The van der Waals surface area contributed by atoms with Crippen molar-refractivity contribution in [3.63, 3.8) is 0 Å². The first-order valence-corrected chi connectivity index (χ1v) is 8.03. The Labute approximate surface area is 137 Å². The fraction of sp³-hybridized carbons (Fsp3) is 0.588. The molecule has 1 fully saturated rings. The van der Waals surface area contributed by atoms with E-state index in [9.17, 15) is 9.90 Å². The van der Waals surface area contributed by atoms with Crippen LogP contribution in [-0.2, 0) is 4.79 Å². The summed E-state index contributed by atoms with van der Waals surface area (Å²) in [6.45, 7) is 3.51. The Morgan fingerprint density at radius 3 is 2.26 bits per heavy atom. The van der Waals surface area contributed by atoms with E-state index in [1.54, 1.807) is 14.2 Å². The summed E-state index contributed by atoms with van der Waals surface area (Å²) in [6, 6.07) is 5.69. The highest BCUT2D eigenvalue weighted by Gasteiger charge is 2.28. The molecule has 0 aromatic heterocycles. The van der Waals surface area contributed by atoms with Gasteiger partial charge < -0.3 is 19.9 Å². The van der Waals surface area contributed by atoms with Gasteiger partial charge in [-0.3, -0.25) is 9.69 Å². The summed E-state index contributed by atoms with van der Waals surface area (Å²) in [7, 11) is 3.27. The zero-order valence-electron chi connectivity index (χ0n) is 14.0. The molecule has 0 radical (unpaired) electrons. The van der Waals surface area contributed by atoms with E-state index in [4.69, 9.17) is 9.47 Å². The molecule has 1 aliphatic heterocycles. The van der Waals surface area contributed by atoms with Gasteiger partial charge in [0.05, 0.1) is 14.2 Å². The van der Waals surface area contributed by atoms with Crippen LogP contribution in [0.4, 0.5) is 5.69 Å². The van der Waals surface area contributed by atoms with Crippen molar-refractivity contribution in [3.8, 4) is 11.5 Å². The zero-order chi connectivity index (χ0) is 16.8. The smallest absolute Gasteiger partial charge is 0.320 e. The van der Waals surface area contributed by atoms with Crippen molar-refractivity contribution in [3.05, 3.63) is 18.2 Å². The number of nitrogens with zero attached hydrogens (tertiary/aromatic N) is 1. The molecule has 128 valence electrons. The quantitative estimate of drug-likeness (QED) is 0.803. The van der Waals surface area contributed by atoms with Crippen LogP contribution in [0.15, 0.2) is 18.2 Å². The first kappa shape index (κ1) is 17.4. The minimum Gasteiger partial charge on any atom is -0.497 e. The maximum Gasteiger partial charge on any atom is 0.320 e. The monoisotopic (exact) mass is 322 g/mol. The molecule has 1 saturated heterocycles. The second-order valence-corrected chi connectivity index (χ2v) is 5.82. The maximum atomic E-state index is 11.3. The summed E-state index contributed by atoms with van der Waals surface area (Å²) in [5.41, 5.74) is 0.963. The Morgan fingerprint density at radius 2 is 1.83 bits per heavy atom. The highest BCUT2D eigenvalue weighted by molar-refractivity contribution is 5.73. The van der Waals surface area contributed by atoms with Gasteiger partial charge >= 0.3 is 5.97 Å². The van der Waals surface area contributed by atoms with Crippen LogP contribution in [0, 0.1) is 0 Å². The van der Waals surface area contributed by atoms with E-state index in [1.165, 1.54) is 0 Å². The van der Waals surface area contributed by atoms with E-state index in [0.29, 0.717) is 12.5 Å². The molecule has 0 aliphatic carbocycles. The van der Waals surface area contributed by atoms with E-state index in [0.717, 1.165) is 43.1 Å². The molecule has 0 amide bonds. The topological polar surface area (TPSA) is 71.0 Å². The lowest BCUT2D eigenvalue weighted by atomic mass is 10.0. The minimum absolute atomic E-state index is 0.328. The summed E-state index contributed by atoms with van der Waals surface area (Å²) in [4.78, 5) is 13.3. The highest BCUT2D eigenvalue weighted by Crippen LogP contribution is 2.27. The lowest BCUT2D eigenvalue weighted by Crippen LogP contribution is -2.47. The zero-order valence-corrected chi connectivity index (χ0v) is 14.0. The van der Waals surface area contributed by atoms with E-state index in [-0.39, 0.29) is 6.04 Å². The van der Waals surface area contributed by atoms with Gasteiger partial charge in [0, 0.05) is 43.0 Å². The van der Waals surface area contributed by atoms with Crippen LogP contribution in [0.3, 0.4) is 0 Å². The highest BCUT2D eigenvalue weighted by atomic mass is 16.5. The molecule has 6 heteroatoms. The molecule has 1 atom stereocenters. The number of carbonyl (C=O) groups is 1. The molecule has 1 heterocycles. The van der Waals surface area contributed by atoms with Gasteiger partial charge in [0.25, 0.3) is 0 Å². The van der Waals surface area contributed by atoms with Gasteiger partial charge in [0.2, 0.25) is 0 Å². The number of carboxylic acid groups (broad SMARTS) is 1. The van der Waals surface area contributed by atoms with Crippen molar-refractivity contribution in [1.82, 2.24) is 4.90 Å². The van der Waals surface area contributed by atoms with Crippen LogP contribution in [0.1, 0.15) is 26.2 Å².